The zero-order chi connectivity index (χ0) is 22.1. The lowest BCUT2D eigenvalue weighted by Crippen LogP contribution is -2.26. The minimum Gasteiger partial charge on any atom is -0.497 e. The summed E-state index contributed by atoms with van der Waals surface area (Å²) in [6.45, 7) is 3.22. The van der Waals surface area contributed by atoms with E-state index in [0.29, 0.717) is 17.1 Å². The highest BCUT2D eigenvalue weighted by molar-refractivity contribution is 7.85. The van der Waals surface area contributed by atoms with Crippen LogP contribution in [0.4, 0.5) is 5.69 Å². The van der Waals surface area contributed by atoms with Gasteiger partial charge in [0.25, 0.3) is 0 Å². The first-order chi connectivity index (χ1) is 15.0. The highest BCUT2D eigenvalue weighted by atomic mass is 32.2. The first-order valence-corrected chi connectivity index (χ1v) is 12.7. The van der Waals surface area contributed by atoms with Gasteiger partial charge in [0.05, 0.1) is 19.5 Å². The summed E-state index contributed by atoms with van der Waals surface area (Å²) in [7, 11) is 2.29. The van der Waals surface area contributed by atoms with Gasteiger partial charge in [0.1, 0.15) is 16.7 Å². The Morgan fingerprint density at radius 3 is 2.55 bits per heavy atom. The topological polar surface area (TPSA) is 47.6 Å². The molecule has 3 rings (SSSR count). The van der Waals surface area contributed by atoms with Crippen LogP contribution >= 0.6 is 0 Å². The fourth-order valence-corrected chi connectivity index (χ4v) is 5.66. The van der Waals surface area contributed by atoms with Gasteiger partial charge in [-0.2, -0.15) is 0 Å². The van der Waals surface area contributed by atoms with E-state index in [-0.39, 0.29) is 0 Å². The Balaban J connectivity index is 1.62. The number of para-hydroxylation sites is 1. The van der Waals surface area contributed by atoms with Crippen molar-refractivity contribution in [2.45, 2.75) is 57.6 Å². The van der Waals surface area contributed by atoms with Gasteiger partial charge in [0.15, 0.2) is 0 Å². The van der Waals surface area contributed by atoms with E-state index in [4.69, 9.17) is 9.47 Å². The summed E-state index contributed by atoms with van der Waals surface area (Å²) in [5.41, 5.74) is 3.59. The van der Waals surface area contributed by atoms with E-state index in [9.17, 15) is 4.21 Å². The third-order valence-electron chi connectivity index (χ3n) is 6.50. The number of anilines is 1. The summed E-state index contributed by atoms with van der Waals surface area (Å²) >= 11 is 0. The SMILES string of the molecule is COCC1(C)CCCCC(Cc2ccccc2NS(=O)Cc2ccc(OC)cc2)CC1. The number of methoxy groups -OCH3 is 2. The van der Waals surface area contributed by atoms with Crippen molar-refractivity contribution in [1.82, 2.24) is 0 Å². The maximum absolute atomic E-state index is 12.8. The Morgan fingerprint density at radius 2 is 1.81 bits per heavy atom. The Bertz CT molecular complexity index is 839. The highest BCUT2D eigenvalue weighted by Gasteiger charge is 2.27. The fourth-order valence-electron chi connectivity index (χ4n) is 4.64. The van der Waals surface area contributed by atoms with Crippen molar-refractivity contribution in [3.63, 3.8) is 0 Å². The monoisotopic (exact) mass is 443 g/mol. The van der Waals surface area contributed by atoms with Crippen LogP contribution in [0, 0.1) is 11.3 Å². The summed E-state index contributed by atoms with van der Waals surface area (Å²) in [4.78, 5) is 0. The van der Waals surface area contributed by atoms with E-state index in [2.05, 4.69) is 29.8 Å². The Labute approximate surface area is 190 Å². The fraction of sp³-hybridized carbons (Fsp3) is 0.538. The van der Waals surface area contributed by atoms with Crippen molar-refractivity contribution in [2.24, 2.45) is 11.3 Å². The molecule has 31 heavy (non-hydrogen) atoms. The molecule has 0 saturated heterocycles. The molecule has 0 heterocycles. The average molecular weight is 444 g/mol. The van der Waals surface area contributed by atoms with E-state index >= 15 is 0 Å². The third kappa shape index (κ3) is 7.36. The summed E-state index contributed by atoms with van der Waals surface area (Å²) in [6, 6.07) is 16.1. The predicted molar refractivity (Wildman–Crippen MR) is 130 cm³/mol. The molecule has 5 heteroatoms. The number of benzene rings is 2. The summed E-state index contributed by atoms with van der Waals surface area (Å²) in [5, 5.41) is 0. The van der Waals surface area contributed by atoms with E-state index in [1.165, 1.54) is 44.1 Å². The summed E-state index contributed by atoms with van der Waals surface area (Å²) in [6.07, 6.45) is 8.56. The van der Waals surface area contributed by atoms with E-state index < -0.39 is 11.0 Å². The van der Waals surface area contributed by atoms with Crippen LogP contribution in [0.25, 0.3) is 0 Å². The molecule has 170 valence electrons. The number of rotatable bonds is 9. The smallest absolute Gasteiger partial charge is 0.121 e. The molecule has 0 spiro atoms. The van der Waals surface area contributed by atoms with Gasteiger partial charge in [-0.1, -0.05) is 56.5 Å². The first-order valence-electron chi connectivity index (χ1n) is 11.4. The van der Waals surface area contributed by atoms with Crippen LogP contribution in [-0.4, -0.2) is 25.0 Å². The maximum Gasteiger partial charge on any atom is 0.121 e. The normalized spacial score (nSPS) is 22.9. The number of hydrogen-bond acceptors (Lipinski definition) is 3. The minimum atomic E-state index is -1.18. The average Bonchev–Trinajstić information content (AvgIpc) is 2.75. The van der Waals surface area contributed by atoms with Crippen LogP contribution in [-0.2, 0) is 27.9 Å². The van der Waals surface area contributed by atoms with Gasteiger partial charge < -0.3 is 14.2 Å². The molecule has 0 amide bonds. The molecule has 0 bridgehead atoms. The molecule has 1 N–H and O–H groups in total. The van der Waals surface area contributed by atoms with E-state index in [1.54, 1.807) is 7.11 Å². The second-order valence-electron chi connectivity index (χ2n) is 9.20. The van der Waals surface area contributed by atoms with Gasteiger partial charge in [-0.15, -0.1) is 0 Å². The molecule has 0 aliphatic heterocycles. The lowest BCUT2D eigenvalue weighted by atomic mass is 9.74. The quantitative estimate of drug-likeness (QED) is 0.507. The van der Waals surface area contributed by atoms with Crippen LogP contribution in [0.1, 0.15) is 56.6 Å². The maximum atomic E-state index is 12.8. The second kappa shape index (κ2) is 11.7. The highest BCUT2D eigenvalue weighted by Crippen LogP contribution is 2.37. The van der Waals surface area contributed by atoms with Gasteiger partial charge in [-0.25, -0.2) is 4.21 Å². The van der Waals surface area contributed by atoms with Crippen LogP contribution in [0.15, 0.2) is 48.5 Å². The Hall–Kier alpha value is -1.85. The zero-order valence-corrected chi connectivity index (χ0v) is 20.0. The van der Waals surface area contributed by atoms with Gasteiger partial charge in [-0.05, 0) is 66.3 Å². The van der Waals surface area contributed by atoms with Gasteiger partial charge in [0.2, 0.25) is 0 Å². The molecule has 3 atom stereocenters. The molecule has 2 aromatic rings. The van der Waals surface area contributed by atoms with Crippen molar-refractivity contribution in [3.05, 3.63) is 59.7 Å². The van der Waals surface area contributed by atoms with Crippen LogP contribution < -0.4 is 9.46 Å². The molecule has 0 radical (unpaired) electrons. The minimum absolute atomic E-state index is 0.297. The number of ether oxygens (including phenoxy) is 2. The molecule has 1 saturated carbocycles. The van der Waals surface area contributed by atoms with E-state index in [0.717, 1.165) is 30.0 Å². The molecular weight excluding hydrogens is 406 g/mol. The van der Waals surface area contributed by atoms with Crippen LogP contribution in [0.2, 0.25) is 0 Å². The Kier molecular flexibility index (Phi) is 8.97. The van der Waals surface area contributed by atoms with Gasteiger partial charge >= 0.3 is 0 Å². The first kappa shape index (κ1) is 23.8. The van der Waals surface area contributed by atoms with Crippen molar-refractivity contribution in [2.75, 3.05) is 25.5 Å². The van der Waals surface area contributed by atoms with Crippen molar-refractivity contribution in [1.29, 1.82) is 0 Å². The van der Waals surface area contributed by atoms with Gasteiger partial charge in [-0.3, -0.25) is 0 Å². The van der Waals surface area contributed by atoms with Crippen LogP contribution in [0.3, 0.4) is 0 Å². The molecule has 0 aromatic heterocycles. The summed E-state index contributed by atoms with van der Waals surface area (Å²) < 4.78 is 26.8. The molecule has 1 aliphatic carbocycles. The molecule has 2 aromatic carbocycles. The van der Waals surface area contributed by atoms with Crippen molar-refractivity contribution in [3.8, 4) is 5.75 Å². The van der Waals surface area contributed by atoms with E-state index in [1.807, 2.05) is 37.4 Å². The number of hydrogen-bond donors (Lipinski definition) is 1. The molecule has 4 nitrogen and oxygen atoms in total. The summed E-state index contributed by atoms with van der Waals surface area (Å²) in [5.74, 6) is 1.94. The molecule has 3 unspecified atom stereocenters. The van der Waals surface area contributed by atoms with Crippen LogP contribution in [0.5, 0.6) is 5.75 Å². The number of nitrogens with one attached hydrogen (secondary N) is 1. The zero-order valence-electron chi connectivity index (χ0n) is 19.2. The second-order valence-corrected chi connectivity index (χ2v) is 10.4. The third-order valence-corrected chi connectivity index (χ3v) is 7.54. The molecule has 1 fully saturated rings. The van der Waals surface area contributed by atoms with Gasteiger partial charge in [0, 0.05) is 12.8 Å². The molecule has 1 aliphatic rings. The largest absolute Gasteiger partial charge is 0.497 e. The predicted octanol–water partition coefficient (Wildman–Crippen LogP) is 6.14. The van der Waals surface area contributed by atoms with Crippen molar-refractivity contribution < 1.29 is 13.7 Å². The lowest BCUT2D eigenvalue weighted by Gasteiger charge is -2.33. The van der Waals surface area contributed by atoms with Crippen molar-refractivity contribution >= 4 is 16.7 Å². The molecular formula is C26H37NO3S. The standard InChI is InChI=1S/C26H37NO3S/c1-26(20-29-2)16-7-6-8-21(15-17-26)18-23-9-4-5-10-25(23)27-31(28)19-22-11-13-24(30-3)14-12-22/h4-5,9-14,21,27H,6-8,15-20H2,1-3H3. The lowest BCUT2D eigenvalue weighted by molar-refractivity contribution is 0.0652. The Morgan fingerprint density at radius 1 is 1.03 bits per heavy atom.